The molecule has 1 aromatic rings. The summed E-state index contributed by atoms with van der Waals surface area (Å²) in [6.07, 6.45) is -0.372. The minimum atomic E-state index is -0.372. The predicted molar refractivity (Wildman–Crippen MR) is 50.7 cm³/mol. The van der Waals surface area contributed by atoms with Gasteiger partial charge in [0.05, 0.1) is 5.02 Å². The second-order valence-electron chi connectivity index (χ2n) is 2.40. The van der Waals surface area contributed by atoms with Crippen LogP contribution in [0.2, 0.25) is 10.0 Å². The molecule has 66 valence electrons. The molecular weight excluding hydrogens is 197 g/mol. The van der Waals surface area contributed by atoms with Crippen LogP contribution < -0.4 is 10.5 Å². The van der Waals surface area contributed by atoms with Gasteiger partial charge in [-0.15, -0.1) is 0 Å². The summed E-state index contributed by atoms with van der Waals surface area (Å²) >= 11 is 11.5. The summed E-state index contributed by atoms with van der Waals surface area (Å²) in [6.45, 7) is 1.73. The van der Waals surface area contributed by atoms with E-state index in [2.05, 4.69) is 0 Å². The number of ether oxygens (including phenoxy) is 1. The second kappa shape index (κ2) is 3.99. The van der Waals surface area contributed by atoms with Crippen LogP contribution in [-0.2, 0) is 0 Å². The normalized spacial score (nSPS) is 12.7. The molecule has 0 saturated carbocycles. The fraction of sp³-hybridized carbons (Fsp3) is 0.250. The van der Waals surface area contributed by atoms with E-state index in [-0.39, 0.29) is 6.23 Å². The molecule has 0 fully saturated rings. The van der Waals surface area contributed by atoms with Gasteiger partial charge in [-0.3, -0.25) is 5.73 Å². The molecule has 1 aromatic carbocycles. The lowest BCUT2D eigenvalue weighted by Crippen LogP contribution is -2.22. The Labute approximate surface area is 81.2 Å². The Hall–Kier alpha value is -0.440. The van der Waals surface area contributed by atoms with E-state index in [1.165, 1.54) is 0 Å². The summed E-state index contributed by atoms with van der Waals surface area (Å²) in [5.41, 5.74) is 5.42. The fourth-order valence-corrected chi connectivity index (χ4v) is 1.22. The van der Waals surface area contributed by atoms with Gasteiger partial charge in [0.1, 0.15) is 12.0 Å². The summed E-state index contributed by atoms with van der Waals surface area (Å²) < 4.78 is 5.19. The zero-order chi connectivity index (χ0) is 9.14. The van der Waals surface area contributed by atoms with Crippen molar-refractivity contribution in [2.45, 2.75) is 13.2 Å². The van der Waals surface area contributed by atoms with Gasteiger partial charge in [-0.1, -0.05) is 23.2 Å². The first-order chi connectivity index (χ1) is 5.59. The first-order valence-corrected chi connectivity index (χ1v) is 4.22. The van der Waals surface area contributed by atoms with Crippen LogP contribution in [0.1, 0.15) is 6.92 Å². The van der Waals surface area contributed by atoms with Crippen molar-refractivity contribution in [3.63, 3.8) is 0 Å². The summed E-state index contributed by atoms with van der Waals surface area (Å²) in [4.78, 5) is 0. The largest absolute Gasteiger partial charge is 0.474 e. The molecule has 0 aromatic heterocycles. The van der Waals surface area contributed by atoms with Crippen molar-refractivity contribution in [2.75, 3.05) is 0 Å². The molecule has 4 heteroatoms. The highest BCUT2D eigenvalue weighted by atomic mass is 35.5. The molecule has 0 aliphatic heterocycles. The first kappa shape index (κ1) is 9.65. The average Bonchev–Trinajstić information content (AvgIpc) is 1.94. The number of hydrogen-bond donors (Lipinski definition) is 1. The smallest absolute Gasteiger partial charge is 0.144 e. The van der Waals surface area contributed by atoms with Crippen molar-refractivity contribution in [3.8, 4) is 5.75 Å². The topological polar surface area (TPSA) is 35.2 Å². The quantitative estimate of drug-likeness (QED) is 0.755. The van der Waals surface area contributed by atoms with Crippen LogP contribution in [0, 0.1) is 0 Å². The monoisotopic (exact) mass is 205 g/mol. The van der Waals surface area contributed by atoms with Crippen LogP contribution in [-0.4, -0.2) is 6.23 Å². The Balaban J connectivity index is 2.86. The van der Waals surface area contributed by atoms with Gasteiger partial charge in [-0.05, 0) is 25.1 Å². The fourth-order valence-electron chi connectivity index (χ4n) is 0.771. The van der Waals surface area contributed by atoms with Gasteiger partial charge in [-0.2, -0.15) is 0 Å². The average molecular weight is 206 g/mol. The Bertz CT molecular complexity index is 276. The second-order valence-corrected chi connectivity index (χ2v) is 3.24. The number of halogens is 2. The minimum Gasteiger partial charge on any atom is -0.474 e. The van der Waals surface area contributed by atoms with Crippen LogP contribution in [0.4, 0.5) is 0 Å². The van der Waals surface area contributed by atoms with Crippen molar-refractivity contribution in [2.24, 2.45) is 5.73 Å². The van der Waals surface area contributed by atoms with Gasteiger partial charge in [-0.25, -0.2) is 0 Å². The molecule has 0 radical (unpaired) electrons. The van der Waals surface area contributed by atoms with Gasteiger partial charge in [0, 0.05) is 5.02 Å². The number of benzene rings is 1. The molecule has 0 bridgehead atoms. The zero-order valence-corrected chi connectivity index (χ0v) is 8.06. The molecule has 2 N–H and O–H groups in total. The van der Waals surface area contributed by atoms with Crippen LogP contribution in [0.3, 0.4) is 0 Å². The molecule has 2 nitrogen and oxygen atoms in total. The Morgan fingerprint density at radius 3 is 2.58 bits per heavy atom. The van der Waals surface area contributed by atoms with Crippen molar-refractivity contribution in [1.29, 1.82) is 0 Å². The molecule has 0 aliphatic carbocycles. The summed E-state index contributed by atoms with van der Waals surface area (Å²) in [5.74, 6) is 0.552. The third-order valence-electron chi connectivity index (χ3n) is 1.21. The summed E-state index contributed by atoms with van der Waals surface area (Å²) in [5, 5.41) is 1.05. The first-order valence-electron chi connectivity index (χ1n) is 3.47. The number of hydrogen-bond acceptors (Lipinski definition) is 2. The highest BCUT2D eigenvalue weighted by Crippen LogP contribution is 2.27. The van der Waals surface area contributed by atoms with E-state index >= 15 is 0 Å². The van der Waals surface area contributed by atoms with E-state index in [1.54, 1.807) is 25.1 Å². The van der Waals surface area contributed by atoms with Crippen molar-refractivity contribution < 1.29 is 4.74 Å². The molecule has 0 spiro atoms. The predicted octanol–water partition coefficient (Wildman–Crippen LogP) is 2.68. The summed E-state index contributed by atoms with van der Waals surface area (Å²) in [7, 11) is 0. The van der Waals surface area contributed by atoms with Crippen molar-refractivity contribution in [1.82, 2.24) is 0 Å². The van der Waals surface area contributed by atoms with Crippen LogP contribution in [0.15, 0.2) is 18.2 Å². The minimum absolute atomic E-state index is 0.372. The van der Waals surface area contributed by atoms with E-state index in [1.807, 2.05) is 0 Å². The summed E-state index contributed by atoms with van der Waals surface area (Å²) in [6, 6.07) is 5.00. The van der Waals surface area contributed by atoms with Crippen molar-refractivity contribution >= 4 is 23.2 Å². The standard InChI is InChI=1S/C8H9Cl2NO/c1-5(11)12-8-3-2-6(9)4-7(8)10/h2-5H,11H2,1H3. The lowest BCUT2D eigenvalue weighted by atomic mass is 10.3. The maximum atomic E-state index is 5.81. The lowest BCUT2D eigenvalue weighted by molar-refractivity contribution is 0.230. The van der Waals surface area contributed by atoms with Gasteiger partial charge in [0.2, 0.25) is 0 Å². The molecule has 0 heterocycles. The van der Waals surface area contributed by atoms with E-state index in [0.29, 0.717) is 15.8 Å². The van der Waals surface area contributed by atoms with E-state index in [4.69, 9.17) is 33.7 Å². The van der Waals surface area contributed by atoms with Gasteiger partial charge < -0.3 is 4.74 Å². The van der Waals surface area contributed by atoms with E-state index in [9.17, 15) is 0 Å². The zero-order valence-electron chi connectivity index (χ0n) is 6.55. The van der Waals surface area contributed by atoms with Crippen LogP contribution >= 0.6 is 23.2 Å². The number of nitrogens with two attached hydrogens (primary N) is 1. The molecule has 0 saturated heterocycles. The SMILES string of the molecule is CC(N)Oc1ccc(Cl)cc1Cl. The molecular formula is C8H9Cl2NO. The highest BCUT2D eigenvalue weighted by molar-refractivity contribution is 6.35. The Morgan fingerprint density at radius 2 is 2.08 bits per heavy atom. The Morgan fingerprint density at radius 1 is 1.42 bits per heavy atom. The number of rotatable bonds is 2. The van der Waals surface area contributed by atoms with Gasteiger partial charge >= 0.3 is 0 Å². The van der Waals surface area contributed by atoms with E-state index < -0.39 is 0 Å². The Kier molecular flexibility index (Phi) is 3.20. The third-order valence-corrected chi connectivity index (χ3v) is 1.74. The van der Waals surface area contributed by atoms with Crippen LogP contribution in [0.25, 0.3) is 0 Å². The molecule has 1 atom stereocenters. The lowest BCUT2D eigenvalue weighted by Gasteiger charge is -2.10. The maximum absolute atomic E-state index is 5.81. The molecule has 12 heavy (non-hydrogen) atoms. The van der Waals surface area contributed by atoms with Gasteiger partial charge in [0.15, 0.2) is 0 Å². The molecule has 1 unspecified atom stereocenters. The highest BCUT2D eigenvalue weighted by Gasteiger charge is 2.03. The van der Waals surface area contributed by atoms with Gasteiger partial charge in [0.25, 0.3) is 0 Å². The molecule has 0 aliphatic rings. The third kappa shape index (κ3) is 2.55. The molecule has 0 amide bonds. The molecule has 1 rings (SSSR count). The van der Waals surface area contributed by atoms with E-state index in [0.717, 1.165) is 0 Å². The van der Waals surface area contributed by atoms with Crippen LogP contribution in [0.5, 0.6) is 5.75 Å². The van der Waals surface area contributed by atoms with Crippen molar-refractivity contribution in [3.05, 3.63) is 28.2 Å². The maximum Gasteiger partial charge on any atom is 0.144 e.